The van der Waals surface area contributed by atoms with Gasteiger partial charge in [-0.05, 0) is 37.3 Å². The van der Waals surface area contributed by atoms with E-state index in [9.17, 15) is 9.59 Å². The number of hydrogen-bond acceptors (Lipinski definition) is 4. The van der Waals surface area contributed by atoms with E-state index in [0.717, 1.165) is 10.6 Å². The summed E-state index contributed by atoms with van der Waals surface area (Å²) in [7, 11) is 1.59. The van der Waals surface area contributed by atoms with Gasteiger partial charge in [-0.25, -0.2) is 4.79 Å². The van der Waals surface area contributed by atoms with E-state index in [-0.39, 0.29) is 19.1 Å². The molecule has 0 saturated carbocycles. The summed E-state index contributed by atoms with van der Waals surface area (Å²) in [4.78, 5) is 26.3. The van der Waals surface area contributed by atoms with Crippen LogP contribution in [-0.2, 0) is 10.3 Å². The van der Waals surface area contributed by atoms with Crippen molar-refractivity contribution in [3.63, 3.8) is 0 Å². The van der Waals surface area contributed by atoms with Gasteiger partial charge in [0.05, 0.1) is 13.7 Å². The lowest BCUT2D eigenvalue weighted by Crippen LogP contribution is -2.41. The zero-order valence-electron chi connectivity index (χ0n) is 14.5. The van der Waals surface area contributed by atoms with Gasteiger partial charge in [0.2, 0.25) is 0 Å². The molecule has 1 atom stereocenters. The molecule has 0 radical (unpaired) electrons. The standard InChI is InChI=1S/C19H19ClN2O4/c1-19(15-5-3-4-6-16(15)20)17(23)22(18(24)21-19)11-12-26-14-9-7-13(25-2)8-10-14/h3-10H,11-12H2,1-2H3,(H,21,24)/t19-/m1/s1. The number of rotatable bonds is 6. The average Bonchev–Trinajstić information content (AvgIpc) is 2.86. The van der Waals surface area contributed by atoms with E-state index in [2.05, 4.69) is 5.32 Å². The molecular weight excluding hydrogens is 356 g/mol. The maximum absolute atomic E-state index is 12.8. The molecule has 6 nitrogen and oxygen atoms in total. The third-order valence-electron chi connectivity index (χ3n) is 4.33. The molecular formula is C19H19ClN2O4. The Morgan fingerprint density at radius 2 is 1.73 bits per heavy atom. The lowest BCUT2D eigenvalue weighted by Gasteiger charge is -2.23. The summed E-state index contributed by atoms with van der Waals surface area (Å²) in [5.74, 6) is 1.00. The Kier molecular flexibility index (Phi) is 5.04. The summed E-state index contributed by atoms with van der Waals surface area (Å²) in [6.07, 6.45) is 0. The Morgan fingerprint density at radius 3 is 2.38 bits per heavy atom. The highest BCUT2D eigenvalue weighted by atomic mass is 35.5. The Morgan fingerprint density at radius 1 is 1.08 bits per heavy atom. The van der Waals surface area contributed by atoms with Gasteiger partial charge in [0, 0.05) is 10.6 Å². The number of nitrogens with zero attached hydrogens (tertiary/aromatic N) is 1. The second kappa shape index (κ2) is 7.25. The number of methoxy groups -OCH3 is 1. The maximum Gasteiger partial charge on any atom is 0.325 e. The van der Waals surface area contributed by atoms with Gasteiger partial charge in [-0.1, -0.05) is 29.8 Å². The number of urea groups is 1. The van der Waals surface area contributed by atoms with Crippen LogP contribution < -0.4 is 14.8 Å². The zero-order chi connectivity index (χ0) is 18.7. The molecule has 3 rings (SSSR count). The first kappa shape index (κ1) is 18.1. The molecule has 1 fully saturated rings. The fraction of sp³-hybridized carbons (Fsp3) is 0.263. The lowest BCUT2D eigenvalue weighted by molar-refractivity contribution is -0.131. The number of hydrogen-bond donors (Lipinski definition) is 1. The van der Waals surface area contributed by atoms with Crippen LogP contribution in [0.3, 0.4) is 0 Å². The minimum absolute atomic E-state index is 0.136. The van der Waals surface area contributed by atoms with Gasteiger partial charge in [-0.3, -0.25) is 9.69 Å². The van der Waals surface area contributed by atoms with Crippen molar-refractivity contribution in [1.82, 2.24) is 10.2 Å². The van der Waals surface area contributed by atoms with E-state index >= 15 is 0 Å². The quantitative estimate of drug-likeness (QED) is 0.788. The zero-order valence-corrected chi connectivity index (χ0v) is 15.2. The second-order valence-electron chi connectivity index (χ2n) is 6.02. The normalized spacial score (nSPS) is 19.4. The molecule has 0 bridgehead atoms. The third kappa shape index (κ3) is 3.32. The maximum atomic E-state index is 12.8. The summed E-state index contributed by atoms with van der Waals surface area (Å²) >= 11 is 6.21. The lowest BCUT2D eigenvalue weighted by atomic mass is 9.92. The Labute approximate surface area is 156 Å². The van der Waals surface area contributed by atoms with Crippen LogP contribution in [0.2, 0.25) is 5.02 Å². The first-order chi connectivity index (χ1) is 12.5. The van der Waals surface area contributed by atoms with Gasteiger partial charge in [0.25, 0.3) is 5.91 Å². The summed E-state index contributed by atoms with van der Waals surface area (Å²) in [5.41, 5.74) is -0.617. The molecule has 136 valence electrons. The number of halogens is 1. The number of carbonyl (C=O) groups excluding carboxylic acids is 2. The smallest absolute Gasteiger partial charge is 0.325 e. The van der Waals surface area contributed by atoms with Crippen molar-refractivity contribution in [2.75, 3.05) is 20.3 Å². The molecule has 2 aromatic carbocycles. The van der Waals surface area contributed by atoms with Crippen molar-refractivity contribution >= 4 is 23.5 Å². The van der Waals surface area contributed by atoms with Crippen molar-refractivity contribution in [3.05, 3.63) is 59.1 Å². The number of ether oxygens (including phenoxy) is 2. The Balaban J connectivity index is 1.66. The second-order valence-corrected chi connectivity index (χ2v) is 6.42. The van der Waals surface area contributed by atoms with Crippen molar-refractivity contribution in [1.29, 1.82) is 0 Å². The van der Waals surface area contributed by atoms with Crippen LogP contribution in [0.5, 0.6) is 11.5 Å². The summed E-state index contributed by atoms with van der Waals surface area (Å²) in [5, 5.41) is 3.16. The number of carbonyl (C=O) groups is 2. The molecule has 0 aliphatic carbocycles. The summed E-state index contributed by atoms with van der Waals surface area (Å²) in [6.45, 7) is 1.97. The van der Waals surface area contributed by atoms with Crippen molar-refractivity contribution in [2.45, 2.75) is 12.5 Å². The molecule has 0 unspecified atom stereocenters. The minimum Gasteiger partial charge on any atom is -0.497 e. The Bertz CT molecular complexity index is 825. The van der Waals surface area contributed by atoms with Crippen LogP contribution in [0.15, 0.2) is 48.5 Å². The van der Waals surface area contributed by atoms with Crippen molar-refractivity contribution in [3.8, 4) is 11.5 Å². The molecule has 7 heteroatoms. The van der Waals surface area contributed by atoms with Crippen LogP contribution in [0, 0.1) is 0 Å². The van der Waals surface area contributed by atoms with E-state index in [0.29, 0.717) is 16.3 Å². The molecule has 2 aromatic rings. The fourth-order valence-corrected chi connectivity index (χ4v) is 3.20. The van der Waals surface area contributed by atoms with Gasteiger partial charge in [0.1, 0.15) is 23.6 Å². The molecule has 1 heterocycles. The highest BCUT2D eigenvalue weighted by molar-refractivity contribution is 6.32. The molecule has 1 aliphatic rings. The average molecular weight is 375 g/mol. The predicted molar refractivity (Wildman–Crippen MR) is 97.5 cm³/mol. The summed E-state index contributed by atoms with van der Waals surface area (Å²) < 4.78 is 10.7. The minimum atomic E-state index is -1.18. The van der Waals surface area contributed by atoms with Crippen LogP contribution in [0.1, 0.15) is 12.5 Å². The van der Waals surface area contributed by atoms with Gasteiger partial charge in [-0.15, -0.1) is 0 Å². The van der Waals surface area contributed by atoms with Crippen molar-refractivity contribution < 1.29 is 19.1 Å². The SMILES string of the molecule is COc1ccc(OCCN2C(=O)N[C@](C)(c3ccccc3Cl)C2=O)cc1. The molecule has 0 spiro atoms. The molecule has 0 aromatic heterocycles. The van der Waals surface area contributed by atoms with Crippen LogP contribution in [0.25, 0.3) is 0 Å². The van der Waals surface area contributed by atoms with E-state index in [1.807, 2.05) is 0 Å². The first-order valence-electron chi connectivity index (χ1n) is 8.11. The van der Waals surface area contributed by atoms with Crippen LogP contribution in [-0.4, -0.2) is 37.1 Å². The number of imide groups is 1. The molecule has 1 saturated heterocycles. The highest BCUT2D eigenvalue weighted by Crippen LogP contribution is 2.33. The molecule has 3 amide bonds. The Hall–Kier alpha value is -2.73. The van der Waals surface area contributed by atoms with E-state index < -0.39 is 11.6 Å². The molecule has 1 aliphatic heterocycles. The van der Waals surface area contributed by atoms with Crippen LogP contribution in [0.4, 0.5) is 4.79 Å². The van der Waals surface area contributed by atoms with Gasteiger partial charge < -0.3 is 14.8 Å². The van der Waals surface area contributed by atoms with Gasteiger partial charge >= 0.3 is 6.03 Å². The van der Waals surface area contributed by atoms with Gasteiger partial charge in [-0.2, -0.15) is 0 Å². The first-order valence-corrected chi connectivity index (χ1v) is 8.49. The predicted octanol–water partition coefficient (Wildman–Crippen LogP) is 3.19. The topological polar surface area (TPSA) is 67.9 Å². The number of nitrogens with one attached hydrogen (secondary N) is 1. The third-order valence-corrected chi connectivity index (χ3v) is 4.66. The monoisotopic (exact) mass is 374 g/mol. The fourth-order valence-electron chi connectivity index (χ4n) is 2.88. The number of amides is 3. The van der Waals surface area contributed by atoms with Crippen molar-refractivity contribution in [2.24, 2.45) is 0 Å². The summed E-state index contributed by atoms with van der Waals surface area (Å²) in [6, 6.07) is 13.6. The highest BCUT2D eigenvalue weighted by Gasteiger charge is 2.49. The van der Waals surface area contributed by atoms with E-state index in [1.54, 1.807) is 62.6 Å². The van der Waals surface area contributed by atoms with E-state index in [4.69, 9.17) is 21.1 Å². The molecule has 1 N–H and O–H groups in total. The van der Waals surface area contributed by atoms with E-state index in [1.165, 1.54) is 0 Å². The molecule has 26 heavy (non-hydrogen) atoms. The number of benzene rings is 2. The largest absolute Gasteiger partial charge is 0.497 e. The van der Waals surface area contributed by atoms with Crippen LogP contribution >= 0.6 is 11.6 Å². The van der Waals surface area contributed by atoms with Gasteiger partial charge in [0.15, 0.2) is 0 Å².